The number of benzene rings is 2. The van der Waals surface area contributed by atoms with Crippen molar-refractivity contribution in [1.82, 2.24) is 5.32 Å². The van der Waals surface area contributed by atoms with E-state index in [-0.39, 0.29) is 6.61 Å². The van der Waals surface area contributed by atoms with Crippen LogP contribution < -0.4 is 14.8 Å². The van der Waals surface area contributed by atoms with Crippen molar-refractivity contribution >= 4 is 11.9 Å². The molecule has 0 amide bonds. The van der Waals surface area contributed by atoms with Crippen LogP contribution in [-0.2, 0) is 16.2 Å². The molecule has 0 saturated carbocycles. The van der Waals surface area contributed by atoms with E-state index in [1.54, 1.807) is 0 Å². The van der Waals surface area contributed by atoms with E-state index in [2.05, 4.69) is 5.32 Å². The van der Waals surface area contributed by atoms with E-state index in [0.29, 0.717) is 26.3 Å². The summed E-state index contributed by atoms with van der Waals surface area (Å²) in [7, 11) is 0. The normalized spacial score (nSPS) is 9.67. The Morgan fingerprint density at radius 2 is 1.37 bits per heavy atom. The zero-order valence-corrected chi connectivity index (χ0v) is 14.7. The van der Waals surface area contributed by atoms with Crippen molar-refractivity contribution in [3.8, 4) is 11.5 Å². The first-order valence-electron chi connectivity index (χ1n) is 8.20. The Balaban J connectivity index is 0.000000527. The molecule has 2 rings (SSSR count). The molecule has 8 heteroatoms. The summed E-state index contributed by atoms with van der Waals surface area (Å²) in [6.07, 6.45) is 0. The summed E-state index contributed by atoms with van der Waals surface area (Å²) >= 11 is 0. The van der Waals surface area contributed by atoms with Crippen LogP contribution in [0.1, 0.15) is 5.56 Å². The molecule has 0 spiro atoms. The molecular weight excluding hydrogens is 354 g/mol. The molecule has 0 aromatic heterocycles. The third-order valence-corrected chi connectivity index (χ3v) is 3.09. The number of hydrogen-bond acceptors (Lipinski definition) is 6. The molecule has 0 bridgehead atoms. The van der Waals surface area contributed by atoms with Gasteiger partial charge in [0.15, 0.2) is 0 Å². The van der Waals surface area contributed by atoms with Crippen molar-refractivity contribution in [2.75, 3.05) is 26.3 Å². The maximum atomic E-state index is 9.10. The molecule has 4 N–H and O–H groups in total. The highest BCUT2D eigenvalue weighted by Crippen LogP contribution is 2.18. The molecule has 0 atom stereocenters. The van der Waals surface area contributed by atoms with E-state index in [1.807, 2.05) is 54.6 Å². The second-order valence-electron chi connectivity index (χ2n) is 5.18. The van der Waals surface area contributed by atoms with Gasteiger partial charge in [-0.15, -0.1) is 0 Å². The van der Waals surface area contributed by atoms with Crippen LogP contribution >= 0.6 is 0 Å². The number of carbonyl (C=O) groups is 2. The van der Waals surface area contributed by atoms with E-state index in [0.717, 1.165) is 17.1 Å². The van der Waals surface area contributed by atoms with Gasteiger partial charge in [-0.05, 0) is 29.8 Å². The average Bonchev–Trinajstić information content (AvgIpc) is 2.68. The van der Waals surface area contributed by atoms with Gasteiger partial charge in [0.2, 0.25) is 0 Å². The van der Waals surface area contributed by atoms with Gasteiger partial charge in [0, 0.05) is 13.1 Å². The first kappa shape index (κ1) is 21.9. The fraction of sp³-hybridized carbons (Fsp3) is 0.263. The van der Waals surface area contributed by atoms with Gasteiger partial charge in [-0.25, -0.2) is 9.59 Å². The fourth-order valence-corrected chi connectivity index (χ4v) is 1.82. The molecule has 2 aromatic carbocycles. The minimum atomic E-state index is -1.82. The highest BCUT2D eigenvalue weighted by atomic mass is 16.5. The van der Waals surface area contributed by atoms with Crippen LogP contribution in [0.5, 0.6) is 11.5 Å². The van der Waals surface area contributed by atoms with Crippen LogP contribution in [0.4, 0.5) is 0 Å². The summed E-state index contributed by atoms with van der Waals surface area (Å²) in [5, 5.41) is 26.5. The quantitative estimate of drug-likeness (QED) is 0.382. The predicted octanol–water partition coefficient (Wildman–Crippen LogP) is 1.38. The molecule has 0 fully saturated rings. The van der Waals surface area contributed by atoms with Gasteiger partial charge in [-0.3, -0.25) is 0 Å². The SMILES string of the molecule is O=C(O)C(=O)O.OCCNCCOc1ccc(OCc2ccccc2)cc1. The van der Waals surface area contributed by atoms with Crippen molar-refractivity contribution in [2.45, 2.75) is 6.61 Å². The van der Waals surface area contributed by atoms with Gasteiger partial charge in [0.05, 0.1) is 6.61 Å². The van der Waals surface area contributed by atoms with E-state index in [9.17, 15) is 0 Å². The number of aliphatic hydroxyl groups excluding tert-OH is 1. The molecule has 0 saturated heterocycles. The molecular formula is C19H23NO7. The summed E-state index contributed by atoms with van der Waals surface area (Å²) in [4.78, 5) is 18.2. The maximum Gasteiger partial charge on any atom is 0.414 e. The molecule has 0 aliphatic rings. The minimum absolute atomic E-state index is 0.146. The van der Waals surface area contributed by atoms with E-state index < -0.39 is 11.9 Å². The first-order chi connectivity index (χ1) is 13.0. The van der Waals surface area contributed by atoms with Crippen molar-refractivity contribution in [3.05, 3.63) is 60.2 Å². The molecule has 2 aromatic rings. The van der Waals surface area contributed by atoms with Crippen LogP contribution in [0, 0.1) is 0 Å². The maximum absolute atomic E-state index is 9.10. The Morgan fingerprint density at radius 1 is 0.815 bits per heavy atom. The summed E-state index contributed by atoms with van der Waals surface area (Å²) in [6.45, 7) is 2.59. The van der Waals surface area contributed by atoms with E-state index in [4.69, 9.17) is 34.4 Å². The lowest BCUT2D eigenvalue weighted by Crippen LogP contribution is -2.23. The van der Waals surface area contributed by atoms with E-state index >= 15 is 0 Å². The number of carboxylic acids is 2. The van der Waals surface area contributed by atoms with Crippen LogP contribution in [-0.4, -0.2) is 53.6 Å². The summed E-state index contributed by atoms with van der Waals surface area (Å²) < 4.78 is 11.3. The zero-order chi connectivity index (χ0) is 19.9. The minimum Gasteiger partial charge on any atom is -0.492 e. The third kappa shape index (κ3) is 10.5. The smallest absolute Gasteiger partial charge is 0.414 e. The zero-order valence-electron chi connectivity index (χ0n) is 14.7. The first-order valence-corrected chi connectivity index (χ1v) is 8.20. The van der Waals surface area contributed by atoms with Gasteiger partial charge in [0.1, 0.15) is 24.7 Å². The van der Waals surface area contributed by atoms with Crippen LogP contribution in [0.2, 0.25) is 0 Å². The van der Waals surface area contributed by atoms with Gasteiger partial charge in [-0.2, -0.15) is 0 Å². The Bertz CT molecular complexity index is 662. The lowest BCUT2D eigenvalue weighted by atomic mass is 10.2. The Hall–Kier alpha value is -3.10. The number of hydrogen-bond donors (Lipinski definition) is 4. The molecule has 8 nitrogen and oxygen atoms in total. The Kier molecular flexibility index (Phi) is 10.7. The molecule has 0 aliphatic carbocycles. The summed E-state index contributed by atoms with van der Waals surface area (Å²) in [5.74, 6) is -2.01. The van der Waals surface area contributed by atoms with Crippen molar-refractivity contribution in [1.29, 1.82) is 0 Å². The second-order valence-corrected chi connectivity index (χ2v) is 5.18. The third-order valence-electron chi connectivity index (χ3n) is 3.09. The molecule has 146 valence electrons. The number of aliphatic hydroxyl groups is 1. The predicted molar refractivity (Wildman–Crippen MR) is 97.9 cm³/mol. The van der Waals surface area contributed by atoms with Crippen LogP contribution in [0.25, 0.3) is 0 Å². The monoisotopic (exact) mass is 377 g/mol. The van der Waals surface area contributed by atoms with Crippen LogP contribution in [0.15, 0.2) is 54.6 Å². The van der Waals surface area contributed by atoms with Gasteiger partial charge in [0.25, 0.3) is 0 Å². The standard InChI is InChI=1S/C17H21NO3.C2H2O4/c19-12-10-18-11-13-20-16-6-8-17(9-7-16)21-14-15-4-2-1-3-5-15;3-1(4)2(5)6/h1-9,18-19H,10-14H2;(H,3,4)(H,5,6). The van der Waals surface area contributed by atoms with E-state index in [1.165, 1.54) is 0 Å². The molecule has 27 heavy (non-hydrogen) atoms. The van der Waals surface area contributed by atoms with Crippen molar-refractivity contribution < 1.29 is 34.4 Å². The number of ether oxygens (including phenoxy) is 2. The van der Waals surface area contributed by atoms with Crippen LogP contribution in [0.3, 0.4) is 0 Å². The van der Waals surface area contributed by atoms with Crippen molar-refractivity contribution in [3.63, 3.8) is 0 Å². The average molecular weight is 377 g/mol. The van der Waals surface area contributed by atoms with Gasteiger partial charge >= 0.3 is 11.9 Å². The Morgan fingerprint density at radius 3 is 1.89 bits per heavy atom. The lowest BCUT2D eigenvalue weighted by molar-refractivity contribution is -0.159. The summed E-state index contributed by atoms with van der Waals surface area (Å²) in [5.41, 5.74) is 1.15. The number of aliphatic carboxylic acids is 2. The number of rotatable bonds is 9. The molecule has 0 aliphatic heterocycles. The highest BCUT2D eigenvalue weighted by Gasteiger charge is 2.04. The Labute approximate surface area is 157 Å². The molecule has 0 heterocycles. The topological polar surface area (TPSA) is 125 Å². The number of nitrogens with one attached hydrogen (secondary N) is 1. The largest absolute Gasteiger partial charge is 0.492 e. The lowest BCUT2D eigenvalue weighted by Gasteiger charge is -2.09. The fourth-order valence-electron chi connectivity index (χ4n) is 1.82. The molecule has 0 radical (unpaired) electrons. The van der Waals surface area contributed by atoms with Crippen molar-refractivity contribution in [2.24, 2.45) is 0 Å². The second kappa shape index (κ2) is 13.2. The number of carboxylic acid groups (broad SMARTS) is 2. The molecule has 0 unspecified atom stereocenters. The summed E-state index contributed by atoms with van der Waals surface area (Å²) in [6, 6.07) is 17.7. The van der Waals surface area contributed by atoms with Gasteiger partial charge < -0.3 is 30.1 Å². The van der Waals surface area contributed by atoms with Gasteiger partial charge in [-0.1, -0.05) is 30.3 Å². The highest BCUT2D eigenvalue weighted by molar-refractivity contribution is 6.27.